The minimum Gasteiger partial charge on any atom is -0.349 e. The van der Waals surface area contributed by atoms with Crippen LogP contribution >= 0.6 is 11.8 Å². The number of nitrogens with zero attached hydrogens (tertiary/aromatic N) is 3. The van der Waals surface area contributed by atoms with Crippen molar-refractivity contribution in [1.29, 1.82) is 0 Å². The zero-order valence-electron chi connectivity index (χ0n) is 18.8. The molecule has 1 N–H and O–H groups in total. The van der Waals surface area contributed by atoms with Crippen molar-refractivity contribution in [2.75, 3.05) is 6.54 Å². The van der Waals surface area contributed by atoms with Crippen molar-refractivity contribution in [2.45, 2.75) is 42.6 Å². The SMILES string of the molecule is Cc1nonc1CNC(=O)[C@@H]1C[C@@H](Sc2ccc(F)cc2)CN1Cc1ccc2ccccc2c1. The molecular formula is C26H25FN4O2S. The number of likely N-dealkylation sites (tertiary alicyclic amines) is 1. The van der Waals surface area contributed by atoms with Crippen molar-refractivity contribution in [3.8, 4) is 0 Å². The molecule has 1 amide bonds. The molecule has 3 aromatic carbocycles. The van der Waals surface area contributed by atoms with Gasteiger partial charge in [0.25, 0.3) is 0 Å². The highest BCUT2D eigenvalue weighted by molar-refractivity contribution is 8.00. The minimum atomic E-state index is -0.274. The Balaban J connectivity index is 1.32. The van der Waals surface area contributed by atoms with Gasteiger partial charge in [-0.3, -0.25) is 9.69 Å². The quantitative estimate of drug-likeness (QED) is 0.416. The van der Waals surface area contributed by atoms with Crippen LogP contribution in [0.5, 0.6) is 0 Å². The molecule has 0 radical (unpaired) electrons. The van der Waals surface area contributed by atoms with Gasteiger partial charge >= 0.3 is 0 Å². The molecule has 0 unspecified atom stereocenters. The number of halogens is 1. The number of rotatable bonds is 7. The average molecular weight is 477 g/mol. The molecule has 1 aromatic heterocycles. The van der Waals surface area contributed by atoms with Gasteiger partial charge in [-0.25, -0.2) is 9.02 Å². The van der Waals surface area contributed by atoms with Crippen LogP contribution in [0.15, 0.2) is 76.3 Å². The van der Waals surface area contributed by atoms with E-state index in [1.165, 1.54) is 28.5 Å². The number of carbonyl (C=O) groups is 1. The lowest BCUT2D eigenvalue weighted by Gasteiger charge is -2.23. The third-order valence-corrected chi connectivity index (χ3v) is 7.38. The molecule has 0 saturated carbocycles. The van der Waals surface area contributed by atoms with Crippen LogP contribution < -0.4 is 5.32 Å². The van der Waals surface area contributed by atoms with Gasteiger partial charge in [0.15, 0.2) is 0 Å². The van der Waals surface area contributed by atoms with Gasteiger partial charge in [-0.2, -0.15) is 0 Å². The normalized spacial score (nSPS) is 18.4. The van der Waals surface area contributed by atoms with Crippen molar-refractivity contribution >= 4 is 28.4 Å². The van der Waals surface area contributed by atoms with Crippen LogP contribution in [0.25, 0.3) is 10.8 Å². The van der Waals surface area contributed by atoms with E-state index in [1.54, 1.807) is 30.8 Å². The summed E-state index contributed by atoms with van der Waals surface area (Å²) in [6, 6.07) is 21.0. The summed E-state index contributed by atoms with van der Waals surface area (Å²) in [6.07, 6.45) is 0.706. The summed E-state index contributed by atoms with van der Waals surface area (Å²) in [6.45, 7) is 3.52. The summed E-state index contributed by atoms with van der Waals surface area (Å²) in [4.78, 5) is 16.4. The van der Waals surface area contributed by atoms with Crippen molar-refractivity contribution in [3.05, 3.63) is 89.5 Å². The third-order valence-electron chi connectivity index (χ3n) is 6.16. The van der Waals surface area contributed by atoms with E-state index >= 15 is 0 Å². The Bertz CT molecular complexity index is 1290. The molecule has 8 heteroatoms. The van der Waals surface area contributed by atoms with E-state index in [9.17, 15) is 9.18 Å². The molecule has 0 bridgehead atoms. The van der Waals surface area contributed by atoms with Gasteiger partial charge in [-0.05, 0) is 60.0 Å². The molecule has 0 aliphatic carbocycles. The molecule has 1 saturated heterocycles. The number of amides is 1. The van der Waals surface area contributed by atoms with Gasteiger partial charge in [0.05, 0.1) is 12.6 Å². The molecule has 34 heavy (non-hydrogen) atoms. The fraction of sp³-hybridized carbons (Fsp3) is 0.269. The van der Waals surface area contributed by atoms with Crippen LogP contribution in [0.2, 0.25) is 0 Å². The number of hydrogen-bond donors (Lipinski definition) is 1. The van der Waals surface area contributed by atoms with Crippen molar-refractivity contribution in [3.63, 3.8) is 0 Å². The van der Waals surface area contributed by atoms with Gasteiger partial charge in [-0.1, -0.05) is 46.7 Å². The predicted octanol–water partition coefficient (Wildman–Crippen LogP) is 4.72. The molecule has 174 valence electrons. The maximum atomic E-state index is 13.3. The van der Waals surface area contributed by atoms with E-state index < -0.39 is 0 Å². The van der Waals surface area contributed by atoms with Crippen LogP contribution in [-0.4, -0.2) is 39.0 Å². The molecule has 1 aliphatic heterocycles. The smallest absolute Gasteiger partial charge is 0.237 e. The summed E-state index contributed by atoms with van der Waals surface area (Å²) in [7, 11) is 0. The maximum Gasteiger partial charge on any atom is 0.237 e. The molecule has 6 nitrogen and oxygen atoms in total. The Labute approximate surface area is 201 Å². The highest BCUT2D eigenvalue weighted by atomic mass is 32.2. The van der Waals surface area contributed by atoms with Crippen LogP contribution in [0.4, 0.5) is 4.39 Å². The van der Waals surface area contributed by atoms with Crippen LogP contribution in [0, 0.1) is 12.7 Å². The van der Waals surface area contributed by atoms with Gasteiger partial charge in [0.2, 0.25) is 5.91 Å². The number of fused-ring (bicyclic) bond motifs is 1. The number of benzene rings is 3. The Kier molecular flexibility index (Phi) is 6.60. The van der Waals surface area contributed by atoms with Crippen LogP contribution in [-0.2, 0) is 17.9 Å². The zero-order chi connectivity index (χ0) is 23.5. The number of hydrogen-bond acceptors (Lipinski definition) is 6. The van der Waals surface area contributed by atoms with Gasteiger partial charge in [0, 0.05) is 23.2 Å². The second-order valence-electron chi connectivity index (χ2n) is 8.57. The topological polar surface area (TPSA) is 71.3 Å². The Morgan fingerprint density at radius 1 is 1.12 bits per heavy atom. The summed E-state index contributed by atoms with van der Waals surface area (Å²) < 4.78 is 18.1. The zero-order valence-corrected chi connectivity index (χ0v) is 19.6. The van der Waals surface area contributed by atoms with Gasteiger partial charge < -0.3 is 5.32 Å². The first kappa shape index (κ1) is 22.6. The van der Waals surface area contributed by atoms with E-state index in [1.807, 2.05) is 12.1 Å². The van der Waals surface area contributed by atoms with E-state index in [0.717, 1.165) is 11.4 Å². The summed E-state index contributed by atoms with van der Waals surface area (Å²) in [5.41, 5.74) is 2.47. The van der Waals surface area contributed by atoms with Crippen molar-refractivity contribution < 1.29 is 13.8 Å². The van der Waals surface area contributed by atoms with Crippen molar-refractivity contribution in [1.82, 2.24) is 20.5 Å². The molecule has 0 spiro atoms. The molecule has 1 fully saturated rings. The van der Waals surface area contributed by atoms with Crippen LogP contribution in [0.3, 0.4) is 0 Å². The first-order valence-electron chi connectivity index (χ1n) is 11.2. The second-order valence-corrected chi connectivity index (χ2v) is 9.94. The van der Waals surface area contributed by atoms with E-state index in [0.29, 0.717) is 24.4 Å². The van der Waals surface area contributed by atoms with E-state index in [2.05, 4.69) is 50.9 Å². The number of aryl methyl sites for hydroxylation is 1. The van der Waals surface area contributed by atoms with E-state index in [4.69, 9.17) is 4.63 Å². The first-order chi connectivity index (χ1) is 16.5. The molecule has 5 rings (SSSR count). The fourth-order valence-corrected chi connectivity index (χ4v) is 5.59. The Morgan fingerprint density at radius 3 is 2.68 bits per heavy atom. The first-order valence-corrected chi connectivity index (χ1v) is 12.1. The molecular weight excluding hydrogens is 451 g/mol. The Hall–Kier alpha value is -3.23. The summed E-state index contributed by atoms with van der Waals surface area (Å²) >= 11 is 1.69. The summed E-state index contributed by atoms with van der Waals surface area (Å²) in [5, 5.41) is 13.2. The number of thioether (sulfide) groups is 1. The molecule has 1 aliphatic rings. The summed E-state index contributed by atoms with van der Waals surface area (Å²) in [5.74, 6) is -0.283. The predicted molar refractivity (Wildman–Crippen MR) is 130 cm³/mol. The standard InChI is InChI=1S/C26H25FN4O2S/c1-17-24(30-33-29-17)14-28-26(32)25-13-23(34-22-10-8-21(27)9-11-22)16-31(25)15-18-6-7-19-4-2-3-5-20(19)12-18/h2-12,23,25H,13-16H2,1H3,(H,28,32)/t23-,25+/m1/s1. The molecule has 2 atom stereocenters. The lowest BCUT2D eigenvalue weighted by molar-refractivity contribution is -0.125. The number of nitrogens with one attached hydrogen (secondary N) is 1. The lowest BCUT2D eigenvalue weighted by atomic mass is 10.1. The van der Waals surface area contributed by atoms with Crippen molar-refractivity contribution in [2.24, 2.45) is 0 Å². The molecule has 2 heterocycles. The highest BCUT2D eigenvalue weighted by Crippen LogP contribution is 2.34. The minimum absolute atomic E-state index is 0.0367. The van der Waals surface area contributed by atoms with Crippen LogP contribution in [0.1, 0.15) is 23.4 Å². The molecule has 4 aromatic rings. The fourth-order valence-electron chi connectivity index (χ4n) is 4.37. The van der Waals surface area contributed by atoms with Gasteiger partial charge in [-0.15, -0.1) is 11.8 Å². The largest absolute Gasteiger partial charge is 0.349 e. The van der Waals surface area contributed by atoms with Gasteiger partial charge in [0.1, 0.15) is 17.2 Å². The number of carbonyl (C=O) groups excluding carboxylic acids is 1. The second kappa shape index (κ2) is 9.95. The highest BCUT2D eigenvalue weighted by Gasteiger charge is 2.37. The monoisotopic (exact) mass is 476 g/mol. The Morgan fingerprint density at radius 2 is 1.91 bits per heavy atom. The third kappa shape index (κ3) is 5.13. The number of aromatic nitrogens is 2. The lowest BCUT2D eigenvalue weighted by Crippen LogP contribution is -2.42. The van der Waals surface area contributed by atoms with E-state index in [-0.39, 0.29) is 29.6 Å². The average Bonchev–Trinajstić information content (AvgIpc) is 3.44. The maximum absolute atomic E-state index is 13.3.